The summed E-state index contributed by atoms with van der Waals surface area (Å²) in [6, 6.07) is 6.08. The van der Waals surface area contributed by atoms with Crippen molar-refractivity contribution < 1.29 is 26.3 Å². The Kier molecular flexibility index (Phi) is 7.68. The summed E-state index contributed by atoms with van der Waals surface area (Å²) in [5, 5.41) is 3.27. The standard InChI is InChI=1S/C10H11ClF3N.C7H5ClF3N/c1-6(2)15-9-5-7(10(12,13)14)3-4-8(9)11;8-5-2-1-4(3-6(5)12)7(9,10)11/h3-6,15H,1-2H3;1-3H,12H2. The van der Waals surface area contributed by atoms with Crippen LogP contribution in [0.15, 0.2) is 36.4 Å². The minimum atomic E-state index is -4.36. The van der Waals surface area contributed by atoms with E-state index >= 15 is 0 Å². The number of hydrogen-bond donors (Lipinski definition) is 2. The molecule has 0 bridgehead atoms. The fraction of sp³-hybridized carbons (Fsp3) is 0.294. The molecule has 0 aliphatic heterocycles. The molecule has 0 unspecified atom stereocenters. The predicted molar refractivity (Wildman–Crippen MR) is 96.1 cm³/mol. The third-order valence-electron chi connectivity index (χ3n) is 3.06. The summed E-state index contributed by atoms with van der Waals surface area (Å²) in [6.07, 6.45) is -8.70. The number of benzene rings is 2. The number of halogens is 8. The Labute approximate surface area is 162 Å². The highest BCUT2D eigenvalue weighted by Gasteiger charge is 2.31. The van der Waals surface area contributed by atoms with Crippen molar-refractivity contribution in [2.24, 2.45) is 0 Å². The molecular weight excluding hydrogens is 417 g/mol. The Morgan fingerprint density at radius 2 is 1.26 bits per heavy atom. The number of nitrogens with two attached hydrogens (primary N) is 1. The van der Waals surface area contributed by atoms with Crippen LogP contribution in [0.25, 0.3) is 0 Å². The molecule has 0 atom stereocenters. The summed E-state index contributed by atoms with van der Waals surface area (Å²) in [5.41, 5.74) is 3.94. The van der Waals surface area contributed by atoms with Gasteiger partial charge in [-0.25, -0.2) is 0 Å². The Morgan fingerprint density at radius 1 is 0.815 bits per heavy atom. The number of nitrogen functional groups attached to an aromatic ring is 1. The maximum absolute atomic E-state index is 12.4. The molecular formula is C17H16Cl2F6N2. The third kappa shape index (κ3) is 7.38. The van der Waals surface area contributed by atoms with Crippen molar-refractivity contribution in [3.05, 3.63) is 57.6 Å². The van der Waals surface area contributed by atoms with Crippen LogP contribution in [0.1, 0.15) is 25.0 Å². The number of nitrogens with one attached hydrogen (secondary N) is 1. The van der Waals surface area contributed by atoms with E-state index in [1.165, 1.54) is 6.07 Å². The molecule has 0 aliphatic rings. The molecule has 2 rings (SSSR count). The van der Waals surface area contributed by atoms with Gasteiger partial charge in [-0.2, -0.15) is 26.3 Å². The van der Waals surface area contributed by atoms with E-state index in [4.69, 9.17) is 28.9 Å². The zero-order valence-corrected chi connectivity index (χ0v) is 15.7. The Hall–Kier alpha value is -1.80. The van der Waals surface area contributed by atoms with Crippen molar-refractivity contribution in [1.82, 2.24) is 0 Å². The maximum Gasteiger partial charge on any atom is 0.416 e. The number of alkyl halides is 6. The molecule has 150 valence electrons. The maximum atomic E-state index is 12.4. The fourth-order valence-electron chi connectivity index (χ4n) is 1.84. The lowest BCUT2D eigenvalue weighted by Crippen LogP contribution is -2.12. The third-order valence-corrected chi connectivity index (χ3v) is 3.73. The van der Waals surface area contributed by atoms with E-state index in [1.54, 1.807) is 0 Å². The van der Waals surface area contributed by atoms with E-state index in [2.05, 4.69) is 5.32 Å². The zero-order valence-electron chi connectivity index (χ0n) is 14.1. The second-order valence-corrected chi connectivity index (χ2v) is 6.54. The first-order chi connectivity index (χ1) is 12.2. The van der Waals surface area contributed by atoms with Crippen molar-refractivity contribution in [3.63, 3.8) is 0 Å². The minimum Gasteiger partial charge on any atom is -0.398 e. The quantitative estimate of drug-likeness (QED) is 0.391. The summed E-state index contributed by atoms with van der Waals surface area (Å²) >= 11 is 11.2. The van der Waals surface area contributed by atoms with Crippen LogP contribution in [-0.2, 0) is 12.4 Å². The van der Waals surface area contributed by atoms with Gasteiger partial charge in [0.25, 0.3) is 0 Å². The molecule has 10 heteroatoms. The van der Waals surface area contributed by atoms with Crippen LogP contribution in [0.5, 0.6) is 0 Å². The SMILES string of the molecule is CC(C)Nc1cc(C(F)(F)F)ccc1Cl.Nc1cc(C(F)(F)F)ccc1Cl. The highest BCUT2D eigenvalue weighted by atomic mass is 35.5. The van der Waals surface area contributed by atoms with Crippen molar-refractivity contribution in [3.8, 4) is 0 Å². The lowest BCUT2D eigenvalue weighted by atomic mass is 10.2. The van der Waals surface area contributed by atoms with E-state index in [1.807, 2.05) is 13.8 Å². The van der Waals surface area contributed by atoms with Crippen LogP contribution in [0.4, 0.5) is 37.7 Å². The molecule has 27 heavy (non-hydrogen) atoms. The van der Waals surface area contributed by atoms with Crippen molar-refractivity contribution >= 4 is 34.6 Å². The van der Waals surface area contributed by atoms with Gasteiger partial charge in [0.1, 0.15) is 0 Å². The normalized spacial score (nSPS) is 11.8. The lowest BCUT2D eigenvalue weighted by Gasteiger charge is -2.14. The number of anilines is 2. The lowest BCUT2D eigenvalue weighted by molar-refractivity contribution is -0.138. The molecule has 0 saturated heterocycles. The molecule has 0 heterocycles. The first kappa shape index (κ1) is 23.2. The first-order valence-corrected chi connectivity index (χ1v) is 8.23. The van der Waals surface area contributed by atoms with Gasteiger partial charge in [-0.05, 0) is 50.2 Å². The molecule has 2 aromatic rings. The molecule has 0 spiro atoms. The summed E-state index contributed by atoms with van der Waals surface area (Å²) < 4.78 is 73.1. The van der Waals surface area contributed by atoms with Crippen LogP contribution in [0, 0.1) is 0 Å². The van der Waals surface area contributed by atoms with Gasteiger partial charge >= 0.3 is 12.4 Å². The van der Waals surface area contributed by atoms with Crippen LogP contribution < -0.4 is 11.1 Å². The molecule has 2 nitrogen and oxygen atoms in total. The van der Waals surface area contributed by atoms with Gasteiger partial charge < -0.3 is 11.1 Å². The Morgan fingerprint density at radius 3 is 1.67 bits per heavy atom. The highest BCUT2D eigenvalue weighted by molar-refractivity contribution is 6.33. The largest absolute Gasteiger partial charge is 0.416 e. The fourth-order valence-corrected chi connectivity index (χ4v) is 2.13. The second kappa shape index (κ2) is 8.93. The van der Waals surface area contributed by atoms with Gasteiger partial charge in [0.15, 0.2) is 0 Å². The minimum absolute atomic E-state index is 0.0333. The number of hydrogen-bond acceptors (Lipinski definition) is 2. The molecule has 0 fully saturated rings. The van der Waals surface area contributed by atoms with Crippen molar-refractivity contribution in [2.75, 3.05) is 11.1 Å². The van der Waals surface area contributed by atoms with Gasteiger partial charge in [0.2, 0.25) is 0 Å². The smallest absolute Gasteiger partial charge is 0.398 e. The van der Waals surface area contributed by atoms with Gasteiger partial charge in [-0.3, -0.25) is 0 Å². The van der Waals surface area contributed by atoms with Crippen LogP contribution in [-0.4, -0.2) is 6.04 Å². The van der Waals surface area contributed by atoms with Gasteiger partial charge in [-0.15, -0.1) is 0 Å². The number of rotatable bonds is 2. The van der Waals surface area contributed by atoms with Crippen LogP contribution in [0.2, 0.25) is 10.0 Å². The summed E-state index contributed by atoms with van der Waals surface area (Å²) in [5.74, 6) is 0. The van der Waals surface area contributed by atoms with E-state index in [-0.39, 0.29) is 21.8 Å². The second-order valence-electron chi connectivity index (χ2n) is 5.73. The molecule has 0 amide bonds. The average Bonchev–Trinajstić information content (AvgIpc) is 2.50. The monoisotopic (exact) mass is 432 g/mol. The van der Waals surface area contributed by atoms with E-state index in [9.17, 15) is 26.3 Å². The molecule has 0 radical (unpaired) electrons. The molecule has 0 saturated carbocycles. The van der Waals surface area contributed by atoms with E-state index in [0.29, 0.717) is 5.69 Å². The van der Waals surface area contributed by atoms with E-state index < -0.39 is 23.5 Å². The van der Waals surface area contributed by atoms with E-state index in [0.717, 1.165) is 30.3 Å². The molecule has 0 aromatic heterocycles. The van der Waals surface area contributed by atoms with Crippen molar-refractivity contribution in [2.45, 2.75) is 32.2 Å². The summed E-state index contributed by atoms with van der Waals surface area (Å²) in [6.45, 7) is 3.66. The Balaban J connectivity index is 0.000000277. The average molecular weight is 433 g/mol. The summed E-state index contributed by atoms with van der Waals surface area (Å²) in [4.78, 5) is 0. The Bertz CT molecular complexity index is 773. The molecule has 3 N–H and O–H groups in total. The highest BCUT2D eigenvalue weighted by Crippen LogP contribution is 2.34. The van der Waals surface area contributed by atoms with Crippen LogP contribution >= 0.6 is 23.2 Å². The first-order valence-electron chi connectivity index (χ1n) is 7.47. The van der Waals surface area contributed by atoms with Gasteiger partial charge in [0, 0.05) is 6.04 Å². The van der Waals surface area contributed by atoms with Gasteiger partial charge in [0.05, 0.1) is 32.5 Å². The zero-order chi connectivity index (χ0) is 21.0. The van der Waals surface area contributed by atoms with Crippen LogP contribution in [0.3, 0.4) is 0 Å². The molecule has 0 aliphatic carbocycles. The van der Waals surface area contributed by atoms with Gasteiger partial charge in [-0.1, -0.05) is 23.2 Å². The topological polar surface area (TPSA) is 38.0 Å². The summed E-state index contributed by atoms with van der Waals surface area (Å²) in [7, 11) is 0. The predicted octanol–water partition coefficient (Wildman–Crippen LogP) is 7.12. The molecule has 2 aromatic carbocycles. The van der Waals surface area contributed by atoms with Crippen molar-refractivity contribution in [1.29, 1.82) is 0 Å².